The Kier molecular flexibility index (Phi) is 35.7. The average molecular weight is 327 g/mol. The molecule has 0 spiro atoms. The number of aliphatic hydroxyl groups is 2. The summed E-state index contributed by atoms with van der Waals surface area (Å²) in [5.74, 6) is -2.24. The number of carboxylic acid groups (broad SMARTS) is 3. The molecule has 0 unspecified atom stereocenters. The summed E-state index contributed by atoms with van der Waals surface area (Å²) in [5, 5.41) is 42.2. The van der Waals surface area contributed by atoms with Crippen molar-refractivity contribution in [2.24, 2.45) is 0 Å². The van der Waals surface area contributed by atoms with Crippen molar-refractivity contribution < 1.29 is 39.9 Å². The van der Waals surface area contributed by atoms with Crippen LogP contribution in [0, 0.1) is 0 Å². The van der Waals surface area contributed by atoms with Crippen LogP contribution in [0.2, 0.25) is 0 Å². The van der Waals surface area contributed by atoms with Gasteiger partial charge < -0.3 is 30.8 Å². The van der Waals surface area contributed by atoms with Crippen molar-refractivity contribution >= 4 is 17.9 Å². The van der Waals surface area contributed by atoms with Crippen LogP contribution in [0.3, 0.4) is 0 Å². The van der Waals surface area contributed by atoms with Crippen molar-refractivity contribution in [3.8, 4) is 0 Å². The third kappa shape index (κ3) is 79.6. The van der Waals surface area contributed by atoms with E-state index in [9.17, 15) is 14.4 Å². The van der Waals surface area contributed by atoms with Crippen molar-refractivity contribution in [2.45, 2.75) is 40.0 Å². The Balaban J connectivity index is -0.0000000995. The summed E-state index contributed by atoms with van der Waals surface area (Å²) in [4.78, 5) is 28.1. The fraction of sp³-hybridized carbons (Fsp3) is 0.769. The van der Waals surface area contributed by atoms with Crippen LogP contribution in [0.1, 0.15) is 40.0 Å². The number of aliphatic carboxylic acids is 3. The topological polar surface area (TPSA) is 164 Å². The molecule has 0 heterocycles. The van der Waals surface area contributed by atoms with Gasteiger partial charge in [-0.1, -0.05) is 20.8 Å². The highest BCUT2D eigenvalue weighted by Crippen LogP contribution is 1.68. The molecule has 0 atom stereocenters. The maximum Gasteiger partial charge on any atom is 0.303 e. The van der Waals surface area contributed by atoms with E-state index in [-0.39, 0.29) is 32.5 Å². The minimum absolute atomic E-state index is 0.139. The van der Waals surface area contributed by atoms with Crippen molar-refractivity contribution in [3.05, 3.63) is 0 Å². The Labute approximate surface area is 130 Å². The second kappa shape index (κ2) is 27.6. The normalized spacial score (nSPS) is 8.05. The van der Waals surface area contributed by atoms with Crippen LogP contribution < -0.4 is 5.32 Å². The predicted octanol–water partition coefficient (Wildman–Crippen LogP) is 0.00360. The zero-order valence-electron chi connectivity index (χ0n) is 13.4. The molecule has 0 saturated heterocycles. The number of aliphatic hydroxyl groups excluding tert-OH is 2. The third-order valence-electron chi connectivity index (χ3n) is 1.48. The van der Waals surface area contributed by atoms with Gasteiger partial charge in [-0.2, -0.15) is 0 Å². The number of carbonyl (C=O) groups is 3. The first-order valence-electron chi connectivity index (χ1n) is 6.80. The molecule has 0 aliphatic heterocycles. The predicted molar refractivity (Wildman–Crippen MR) is 80.8 cm³/mol. The molecule has 0 aliphatic carbocycles. The molecule has 0 aromatic heterocycles. The van der Waals surface area contributed by atoms with Gasteiger partial charge in [0.1, 0.15) is 0 Å². The first kappa shape index (κ1) is 28.5. The summed E-state index contributed by atoms with van der Waals surface area (Å²) in [7, 11) is 0. The van der Waals surface area contributed by atoms with E-state index in [1.807, 2.05) is 0 Å². The molecule has 0 aliphatic rings. The summed E-state index contributed by atoms with van der Waals surface area (Å²) in [6, 6.07) is 0. The molecule has 0 aromatic rings. The Morgan fingerprint density at radius 2 is 0.864 bits per heavy atom. The number of nitrogens with one attached hydrogen (secondary N) is 1. The summed E-state index contributed by atoms with van der Waals surface area (Å²) in [6.07, 6.45) is 0.667. The van der Waals surface area contributed by atoms with E-state index in [2.05, 4.69) is 5.32 Å². The smallest absolute Gasteiger partial charge is 0.303 e. The van der Waals surface area contributed by atoms with Crippen LogP contribution in [-0.4, -0.2) is 69.7 Å². The Morgan fingerprint density at radius 3 is 0.955 bits per heavy atom. The highest BCUT2D eigenvalue weighted by atomic mass is 16.4. The summed E-state index contributed by atoms with van der Waals surface area (Å²) < 4.78 is 0. The maximum absolute atomic E-state index is 9.37. The molecular weight excluding hydrogens is 298 g/mol. The number of carboxylic acids is 3. The molecule has 0 rings (SSSR count). The first-order valence-corrected chi connectivity index (χ1v) is 6.80. The third-order valence-corrected chi connectivity index (χ3v) is 1.48. The van der Waals surface area contributed by atoms with E-state index in [1.54, 1.807) is 20.8 Å². The lowest BCUT2D eigenvalue weighted by molar-refractivity contribution is -0.137. The SMILES string of the molecule is CCC(=O)O.CCC(=O)O.CCC(=O)O.OCCNCCO. The van der Waals surface area contributed by atoms with Crippen LogP contribution >= 0.6 is 0 Å². The molecule has 0 bridgehead atoms. The summed E-state index contributed by atoms with van der Waals surface area (Å²) in [6.45, 7) is 6.22. The van der Waals surface area contributed by atoms with Crippen LogP contribution in [0.4, 0.5) is 0 Å². The van der Waals surface area contributed by atoms with Gasteiger partial charge in [-0.3, -0.25) is 14.4 Å². The van der Waals surface area contributed by atoms with Crippen molar-refractivity contribution in [1.82, 2.24) is 5.32 Å². The molecule has 6 N–H and O–H groups in total. The first-order chi connectivity index (χ1) is 10.2. The summed E-state index contributed by atoms with van der Waals surface area (Å²) >= 11 is 0. The van der Waals surface area contributed by atoms with Gasteiger partial charge in [0.15, 0.2) is 0 Å². The standard InChI is InChI=1S/C4H11NO2.3C3H6O2/c6-3-1-5-2-4-7;3*1-2-3(4)5/h5-7H,1-4H2;3*2H2,1H3,(H,4,5). The molecule has 134 valence electrons. The van der Waals surface area contributed by atoms with E-state index in [4.69, 9.17) is 25.5 Å². The van der Waals surface area contributed by atoms with Gasteiger partial charge in [0.05, 0.1) is 13.2 Å². The molecule has 0 radical (unpaired) electrons. The van der Waals surface area contributed by atoms with Gasteiger partial charge in [0.25, 0.3) is 0 Å². The Bertz CT molecular complexity index is 221. The number of rotatable bonds is 7. The minimum Gasteiger partial charge on any atom is -0.481 e. The van der Waals surface area contributed by atoms with E-state index in [0.717, 1.165) is 0 Å². The fourth-order valence-corrected chi connectivity index (χ4v) is 0.283. The van der Waals surface area contributed by atoms with Gasteiger partial charge in [-0.05, 0) is 0 Å². The quantitative estimate of drug-likeness (QED) is 0.353. The van der Waals surface area contributed by atoms with Gasteiger partial charge in [0, 0.05) is 32.4 Å². The largest absolute Gasteiger partial charge is 0.481 e. The van der Waals surface area contributed by atoms with Gasteiger partial charge in [-0.25, -0.2) is 0 Å². The lowest BCUT2D eigenvalue weighted by atomic mass is 10.5. The van der Waals surface area contributed by atoms with E-state index < -0.39 is 17.9 Å². The van der Waals surface area contributed by atoms with Crippen molar-refractivity contribution in [3.63, 3.8) is 0 Å². The molecule has 0 amide bonds. The highest BCUT2D eigenvalue weighted by molar-refractivity contribution is 5.66. The van der Waals surface area contributed by atoms with Crippen LogP contribution in [0.5, 0.6) is 0 Å². The van der Waals surface area contributed by atoms with Gasteiger partial charge in [0.2, 0.25) is 0 Å². The Hall–Kier alpha value is -1.71. The number of hydrogen-bond donors (Lipinski definition) is 6. The van der Waals surface area contributed by atoms with E-state index in [1.165, 1.54) is 0 Å². The maximum atomic E-state index is 9.37. The molecule has 9 nitrogen and oxygen atoms in total. The fourth-order valence-electron chi connectivity index (χ4n) is 0.283. The lowest BCUT2D eigenvalue weighted by Gasteiger charge is -1.94. The molecule has 0 saturated carbocycles. The minimum atomic E-state index is -0.745. The van der Waals surface area contributed by atoms with Crippen LogP contribution in [0.15, 0.2) is 0 Å². The second-order valence-electron chi connectivity index (χ2n) is 3.44. The van der Waals surface area contributed by atoms with Crippen LogP contribution in [-0.2, 0) is 14.4 Å². The molecule has 22 heavy (non-hydrogen) atoms. The number of hydrogen-bond acceptors (Lipinski definition) is 6. The molecule has 0 fully saturated rings. The van der Waals surface area contributed by atoms with Gasteiger partial charge in [-0.15, -0.1) is 0 Å². The van der Waals surface area contributed by atoms with Crippen molar-refractivity contribution in [2.75, 3.05) is 26.3 Å². The molecular formula is C13H29NO8. The zero-order valence-corrected chi connectivity index (χ0v) is 13.4. The van der Waals surface area contributed by atoms with E-state index >= 15 is 0 Å². The van der Waals surface area contributed by atoms with Gasteiger partial charge >= 0.3 is 17.9 Å². The summed E-state index contributed by atoms with van der Waals surface area (Å²) in [5.41, 5.74) is 0. The van der Waals surface area contributed by atoms with E-state index in [0.29, 0.717) is 13.1 Å². The Morgan fingerprint density at radius 1 is 0.682 bits per heavy atom. The molecule has 9 heteroatoms. The monoisotopic (exact) mass is 327 g/mol. The van der Waals surface area contributed by atoms with Crippen LogP contribution in [0.25, 0.3) is 0 Å². The highest BCUT2D eigenvalue weighted by Gasteiger charge is 1.81. The van der Waals surface area contributed by atoms with Crippen molar-refractivity contribution in [1.29, 1.82) is 0 Å². The lowest BCUT2D eigenvalue weighted by Crippen LogP contribution is -2.21. The average Bonchev–Trinajstić information content (AvgIpc) is 2.49. The molecule has 0 aromatic carbocycles. The zero-order chi connectivity index (χ0) is 18.4. The second-order valence-corrected chi connectivity index (χ2v) is 3.44.